The Morgan fingerprint density at radius 1 is 1.17 bits per heavy atom. The monoisotopic (exact) mass is 253 g/mol. The van der Waals surface area contributed by atoms with Gasteiger partial charge in [0.05, 0.1) is 0 Å². The molecule has 0 saturated heterocycles. The van der Waals surface area contributed by atoms with Crippen molar-refractivity contribution in [2.75, 3.05) is 0 Å². The standard InChI is InChI=1S/C15H27NO2/c1-3-5-6-7-8-9-11-13-12-14(16-18-13)15(17)10-4-2/h13H,3-12H2,1-2H3. The molecule has 1 heterocycles. The van der Waals surface area contributed by atoms with Crippen LogP contribution in [0.5, 0.6) is 0 Å². The van der Waals surface area contributed by atoms with Gasteiger partial charge < -0.3 is 4.84 Å². The van der Waals surface area contributed by atoms with E-state index in [1.165, 1.54) is 38.5 Å². The van der Waals surface area contributed by atoms with E-state index >= 15 is 0 Å². The minimum Gasteiger partial charge on any atom is -0.392 e. The summed E-state index contributed by atoms with van der Waals surface area (Å²) in [5, 5.41) is 3.93. The zero-order chi connectivity index (χ0) is 13.2. The molecule has 0 aromatic heterocycles. The van der Waals surface area contributed by atoms with E-state index in [0.717, 1.165) is 19.3 Å². The molecule has 1 aliphatic heterocycles. The molecule has 1 unspecified atom stereocenters. The van der Waals surface area contributed by atoms with Crippen LogP contribution in [0.2, 0.25) is 0 Å². The maximum Gasteiger partial charge on any atom is 0.180 e. The van der Waals surface area contributed by atoms with Crippen LogP contribution in [0.4, 0.5) is 0 Å². The average molecular weight is 253 g/mol. The Labute approximate surface area is 111 Å². The first-order chi connectivity index (χ1) is 8.77. The molecule has 0 aromatic rings. The predicted octanol–water partition coefficient (Wildman–Crippen LogP) is 4.25. The molecule has 3 nitrogen and oxygen atoms in total. The number of Topliss-reactive ketones (excluding diaryl/α,β-unsaturated/α-hetero) is 1. The molecule has 0 aromatic carbocycles. The number of unbranched alkanes of at least 4 members (excludes halogenated alkanes) is 5. The van der Waals surface area contributed by atoms with E-state index in [4.69, 9.17) is 4.84 Å². The van der Waals surface area contributed by atoms with Crippen molar-refractivity contribution < 1.29 is 9.63 Å². The highest BCUT2D eigenvalue weighted by atomic mass is 16.6. The number of carbonyl (C=O) groups excluding carboxylic acids is 1. The second-order valence-corrected chi connectivity index (χ2v) is 5.20. The van der Waals surface area contributed by atoms with Gasteiger partial charge >= 0.3 is 0 Å². The molecule has 1 aliphatic rings. The summed E-state index contributed by atoms with van der Waals surface area (Å²) in [7, 11) is 0. The average Bonchev–Trinajstić information content (AvgIpc) is 2.83. The molecule has 1 atom stereocenters. The van der Waals surface area contributed by atoms with E-state index in [1.54, 1.807) is 0 Å². The molecular weight excluding hydrogens is 226 g/mol. The first-order valence-electron chi connectivity index (χ1n) is 7.53. The van der Waals surface area contributed by atoms with Crippen LogP contribution in [0, 0.1) is 0 Å². The Bertz CT molecular complexity index is 274. The van der Waals surface area contributed by atoms with Crippen LogP contribution in [0.3, 0.4) is 0 Å². The molecule has 0 aliphatic carbocycles. The minimum absolute atomic E-state index is 0.159. The summed E-state index contributed by atoms with van der Waals surface area (Å²) in [6.45, 7) is 4.25. The Hall–Kier alpha value is -0.860. The third kappa shape index (κ3) is 5.65. The molecular formula is C15H27NO2. The lowest BCUT2D eigenvalue weighted by atomic mass is 10.0. The normalized spacial score (nSPS) is 18.6. The first-order valence-corrected chi connectivity index (χ1v) is 7.53. The lowest BCUT2D eigenvalue weighted by Crippen LogP contribution is -2.15. The van der Waals surface area contributed by atoms with Gasteiger partial charge in [-0.15, -0.1) is 0 Å². The molecule has 0 fully saturated rings. The Balaban J connectivity index is 2.04. The van der Waals surface area contributed by atoms with Crippen LogP contribution < -0.4 is 0 Å². The summed E-state index contributed by atoms with van der Waals surface area (Å²) in [5.74, 6) is 0.169. The van der Waals surface area contributed by atoms with Gasteiger partial charge in [0, 0.05) is 12.8 Å². The molecule has 0 saturated carbocycles. The van der Waals surface area contributed by atoms with E-state index in [-0.39, 0.29) is 11.9 Å². The molecule has 0 amide bonds. The zero-order valence-corrected chi connectivity index (χ0v) is 11.9. The summed E-state index contributed by atoms with van der Waals surface area (Å²) < 4.78 is 0. The summed E-state index contributed by atoms with van der Waals surface area (Å²) >= 11 is 0. The molecule has 104 valence electrons. The maximum absolute atomic E-state index is 11.6. The van der Waals surface area contributed by atoms with E-state index in [2.05, 4.69) is 12.1 Å². The van der Waals surface area contributed by atoms with Crippen LogP contribution >= 0.6 is 0 Å². The number of oxime groups is 1. The van der Waals surface area contributed by atoms with E-state index in [0.29, 0.717) is 12.1 Å². The van der Waals surface area contributed by atoms with Gasteiger partial charge in [0.2, 0.25) is 0 Å². The van der Waals surface area contributed by atoms with Crippen molar-refractivity contribution in [2.24, 2.45) is 5.16 Å². The summed E-state index contributed by atoms with van der Waals surface area (Å²) in [6.07, 6.45) is 11.2. The highest BCUT2D eigenvalue weighted by Gasteiger charge is 2.24. The molecule has 18 heavy (non-hydrogen) atoms. The number of rotatable bonds is 10. The Morgan fingerprint density at radius 3 is 2.61 bits per heavy atom. The van der Waals surface area contributed by atoms with Gasteiger partial charge in [-0.05, 0) is 19.3 Å². The minimum atomic E-state index is 0.159. The SMILES string of the molecule is CCCCCCCCC1CC(C(=O)CCC)=NO1. The summed E-state index contributed by atoms with van der Waals surface area (Å²) in [4.78, 5) is 17.0. The largest absolute Gasteiger partial charge is 0.392 e. The van der Waals surface area contributed by atoms with Gasteiger partial charge in [-0.2, -0.15) is 0 Å². The maximum atomic E-state index is 11.6. The number of hydrogen-bond donors (Lipinski definition) is 0. The van der Waals surface area contributed by atoms with Crippen molar-refractivity contribution in [1.82, 2.24) is 0 Å². The van der Waals surface area contributed by atoms with Crippen molar-refractivity contribution in [3.05, 3.63) is 0 Å². The van der Waals surface area contributed by atoms with Gasteiger partial charge in [0.25, 0.3) is 0 Å². The third-order valence-electron chi connectivity index (χ3n) is 3.41. The highest BCUT2D eigenvalue weighted by Crippen LogP contribution is 2.19. The first kappa shape index (κ1) is 15.2. The topological polar surface area (TPSA) is 38.7 Å². The molecule has 0 spiro atoms. The van der Waals surface area contributed by atoms with E-state index < -0.39 is 0 Å². The lowest BCUT2D eigenvalue weighted by Gasteiger charge is -2.07. The number of carbonyl (C=O) groups is 1. The van der Waals surface area contributed by atoms with Gasteiger partial charge in [-0.1, -0.05) is 51.1 Å². The van der Waals surface area contributed by atoms with Gasteiger partial charge in [0.1, 0.15) is 11.8 Å². The molecule has 0 bridgehead atoms. The fourth-order valence-corrected chi connectivity index (χ4v) is 2.27. The second-order valence-electron chi connectivity index (χ2n) is 5.20. The van der Waals surface area contributed by atoms with Crippen molar-refractivity contribution in [3.8, 4) is 0 Å². The van der Waals surface area contributed by atoms with Crippen LogP contribution in [-0.2, 0) is 9.63 Å². The fraction of sp³-hybridized carbons (Fsp3) is 0.867. The molecule has 0 radical (unpaired) electrons. The van der Waals surface area contributed by atoms with Crippen LogP contribution in [0.1, 0.15) is 78.1 Å². The van der Waals surface area contributed by atoms with Crippen molar-refractivity contribution in [2.45, 2.75) is 84.2 Å². The number of ketones is 1. The van der Waals surface area contributed by atoms with E-state index in [1.807, 2.05) is 6.92 Å². The quantitative estimate of drug-likeness (QED) is 0.546. The van der Waals surface area contributed by atoms with Crippen LogP contribution in [0.25, 0.3) is 0 Å². The molecule has 1 rings (SSSR count). The lowest BCUT2D eigenvalue weighted by molar-refractivity contribution is -0.113. The third-order valence-corrected chi connectivity index (χ3v) is 3.41. The predicted molar refractivity (Wildman–Crippen MR) is 74.8 cm³/mol. The van der Waals surface area contributed by atoms with Crippen LogP contribution in [0.15, 0.2) is 5.16 Å². The zero-order valence-electron chi connectivity index (χ0n) is 11.9. The smallest absolute Gasteiger partial charge is 0.180 e. The molecule has 3 heteroatoms. The van der Waals surface area contributed by atoms with E-state index in [9.17, 15) is 4.79 Å². The van der Waals surface area contributed by atoms with Crippen molar-refractivity contribution >= 4 is 11.5 Å². The van der Waals surface area contributed by atoms with Crippen molar-refractivity contribution in [1.29, 1.82) is 0 Å². The van der Waals surface area contributed by atoms with Crippen LogP contribution in [-0.4, -0.2) is 17.6 Å². The fourth-order valence-electron chi connectivity index (χ4n) is 2.27. The summed E-state index contributed by atoms with van der Waals surface area (Å²) in [6, 6.07) is 0. The van der Waals surface area contributed by atoms with Gasteiger partial charge in [-0.3, -0.25) is 4.79 Å². The Morgan fingerprint density at radius 2 is 1.89 bits per heavy atom. The van der Waals surface area contributed by atoms with Crippen molar-refractivity contribution in [3.63, 3.8) is 0 Å². The molecule has 0 N–H and O–H groups in total. The van der Waals surface area contributed by atoms with Gasteiger partial charge in [-0.25, -0.2) is 0 Å². The Kier molecular flexibility index (Phi) is 7.70. The number of hydrogen-bond acceptors (Lipinski definition) is 3. The second kappa shape index (κ2) is 9.12. The van der Waals surface area contributed by atoms with Gasteiger partial charge in [0.15, 0.2) is 5.78 Å². The highest BCUT2D eigenvalue weighted by molar-refractivity contribution is 6.40. The summed E-state index contributed by atoms with van der Waals surface area (Å²) in [5.41, 5.74) is 0.660. The number of nitrogens with zero attached hydrogens (tertiary/aromatic N) is 1.